The zero-order valence-corrected chi connectivity index (χ0v) is 19.4. The van der Waals surface area contributed by atoms with Crippen molar-refractivity contribution >= 4 is 0 Å². The Balaban J connectivity index is 0.00000432. The van der Waals surface area contributed by atoms with E-state index in [1.54, 1.807) is 0 Å². The molecule has 14 atom stereocenters. The van der Waals surface area contributed by atoms with Crippen molar-refractivity contribution in [2.24, 2.45) is 17.2 Å². The summed E-state index contributed by atoms with van der Waals surface area (Å²) in [6, 6.07) is -3.90. The van der Waals surface area contributed by atoms with Crippen molar-refractivity contribution in [1.29, 1.82) is 0 Å². The summed E-state index contributed by atoms with van der Waals surface area (Å²) in [4.78, 5) is 0. The Morgan fingerprint density at radius 2 is 1.17 bits per heavy atom. The minimum absolute atomic E-state index is 0. The van der Waals surface area contributed by atoms with Crippen molar-refractivity contribution in [1.82, 2.24) is 0 Å². The first kappa shape index (κ1) is 31.1. The second kappa shape index (κ2) is 13.1. The van der Waals surface area contributed by atoms with Crippen LogP contribution in [0.15, 0.2) is 0 Å². The van der Waals surface area contributed by atoms with Crippen LogP contribution in [0.4, 0.5) is 0 Å². The Morgan fingerprint density at radius 1 is 0.686 bits per heavy atom. The van der Waals surface area contributed by atoms with E-state index in [0.717, 1.165) is 0 Å². The molecular weight excluding hydrogens is 525 g/mol. The summed E-state index contributed by atoms with van der Waals surface area (Å²) in [5, 5.41) is 79.5. The summed E-state index contributed by atoms with van der Waals surface area (Å²) in [7, 11) is 0. The average molecular weight is 559 g/mol. The van der Waals surface area contributed by atoms with Gasteiger partial charge >= 0.3 is 0 Å². The van der Waals surface area contributed by atoms with Gasteiger partial charge in [0, 0.05) is 16.8 Å². The topological polar surface area (TPSA) is 286 Å². The van der Waals surface area contributed by atoms with Crippen LogP contribution in [0.5, 0.6) is 0 Å². The number of rotatable bonds is 7. The van der Waals surface area contributed by atoms with Crippen molar-refractivity contribution in [2.75, 3.05) is 19.8 Å². The molecule has 0 spiro atoms. The molecule has 0 aromatic carbocycles. The number of aliphatic hydroxyl groups is 8. The van der Waals surface area contributed by atoms with E-state index in [1.165, 1.54) is 0 Å². The smallest absolute Gasteiger partial charge is 0.176 e. The first-order chi connectivity index (χ1) is 16.0. The molecular formula is C18H34CoN3O13-. The Kier molecular flexibility index (Phi) is 11.6. The molecule has 3 heterocycles. The molecule has 17 heteroatoms. The predicted molar refractivity (Wildman–Crippen MR) is 107 cm³/mol. The third-order valence-electron chi connectivity index (χ3n) is 6.19. The van der Waals surface area contributed by atoms with E-state index < -0.39 is 106 Å². The van der Waals surface area contributed by atoms with Crippen LogP contribution in [0.2, 0.25) is 0 Å². The minimum atomic E-state index is -1.57. The SMILES string of the molecule is N[C@H]1[C@@H](OC2[C@@H](CO)O[C@@H](OC3[C@@H](CO)O[C@@H](O)[C@H](N)[C@H]3O)[C@H](N)[C@H]2O)O[C-](CO)[C@@H](O)[C@@H]1O.[Co]. The molecule has 209 valence electrons. The van der Waals surface area contributed by atoms with Gasteiger partial charge in [0.05, 0.1) is 37.4 Å². The van der Waals surface area contributed by atoms with Crippen LogP contribution >= 0.6 is 0 Å². The second-order valence-corrected chi connectivity index (χ2v) is 8.43. The first-order valence-corrected chi connectivity index (χ1v) is 10.7. The Bertz CT molecular complexity index is 653. The Hall–Kier alpha value is -0.134. The predicted octanol–water partition coefficient (Wildman–Crippen LogP) is -7.51. The van der Waals surface area contributed by atoms with Crippen molar-refractivity contribution in [2.45, 2.75) is 85.8 Å². The van der Waals surface area contributed by atoms with Crippen molar-refractivity contribution < 1.29 is 81.3 Å². The molecule has 3 aliphatic heterocycles. The third kappa shape index (κ3) is 6.30. The molecule has 0 aliphatic carbocycles. The fraction of sp³-hybridized carbons (Fsp3) is 0.944. The number of aliphatic hydroxyl groups excluding tert-OH is 8. The van der Waals surface area contributed by atoms with E-state index in [4.69, 9.17) is 40.9 Å². The zero-order chi connectivity index (χ0) is 25.3. The molecule has 3 rings (SSSR count). The van der Waals surface area contributed by atoms with E-state index in [-0.39, 0.29) is 22.9 Å². The van der Waals surface area contributed by atoms with Crippen LogP contribution in [-0.4, -0.2) is 147 Å². The molecule has 35 heavy (non-hydrogen) atoms. The van der Waals surface area contributed by atoms with E-state index in [0.29, 0.717) is 0 Å². The van der Waals surface area contributed by atoms with E-state index >= 15 is 0 Å². The van der Waals surface area contributed by atoms with Gasteiger partial charge in [-0.25, -0.2) is 0 Å². The first-order valence-electron chi connectivity index (χ1n) is 10.7. The fourth-order valence-electron chi connectivity index (χ4n) is 4.07. The summed E-state index contributed by atoms with van der Waals surface area (Å²) < 4.78 is 27.3. The average Bonchev–Trinajstić information content (AvgIpc) is 2.83. The van der Waals surface area contributed by atoms with Gasteiger partial charge in [0.1, 0.15) is 42.9 Å². The van der Waals surface area contributed by atoms with Crippen molar-refractivity contribution in [3.05, 3.63) is 6.10 Å². The number of ether oxygens (including phenoxy) is 5. The van der Waals surface area contributed by atoms with Gasteiger partial charge in [-0.1, -0.05) is 6.61 Å². The maximum atomic E-state index is 10.8. The Labute approximate surface area is 210 Å². The zero-order valence-electron chi connectivity index (χ0n) is 18.4. The van der Waals surface area contributed by atoms with Gasteiger partial charge in [0.15, 0.2) is 12.6 Å². The number of nitrogens with two attached hydrogens (primary N) is 3. The molecule has 16 nitrogen and oxygen atoms in total. The third-order valence-corrected chi connectivity index (χ3v) is 6.19. The van der Waals surface area contributed by atoms with E-state index in [2.05, 4.69) is 0 Å². The molecule has 3 aliphatic rings. The summed E-state index contributed by atoms with van der Waals surface area (Å²) >= 11 is 0. The fourth-order valence-corrected chi connectivity index (χ4v) is 4.07. The summed E-state index contributed by atoms with van der Waals surface area (Å²) in [6.07, 6.45) is -16.1. The van der Waals surface area contributed by atoms with Gasteiger partial charge in [0.2, 0.25) is 0 Å². The largest absolute Gasteiger partial charge is 0.521 e. The minimum Gasteiger partial charge on any atom is -0.521 e. The van der Waals surface area contributed by atoms with E-state index in [1.807, 2.05) is 0 Å². The summed E-state index contributed by atoms with van der Waals surface area (Å²) in [5.41, 5.74) is 17.6. The quantitative estimate of drug-likeness (QED) is 0.129. The molecule has 3 saturated heterocycles. The summed E-state index contributed by atoms with van der Waals surface area (Å²) in [5.74, 6) is 0. The van der Waals surface area contributed by atoms with Gasteiger partial charge in [0.25, 0.3) is 0 Å². The molecule has 0 amide bonds. The van der Waals surface area contributed by atoms with Gasteiger partial charge in [-0.3, -0.25) is 0 Å². The monoisotopic (exact) mass is 559 g/mol. The molecule has 0 bridgehead atoms. The van der Waals surface area contributed by atoms with Gasteiger partial charge in [-0.15, -0.1) is 6.10 Å². The molecule has 1 radical (unpaired) electrons. The van der Waals surface area contributed by atoms with Gasteiger partial charge in [-0.2, -0.15) is 0 Å². The van der Waals surface area contributed by atoms with Crippen molar-refractivity contribution in [3.63, 3.8) is 0 Å². The molecule has 3 fully saturated rings. The van der Waals surface area contributed by atoms with Gasteiger partial charge < -0.3 is 81.7 Å². The second-order valence-electron chi connectivity index (χ2n) is 8.43. The molecule has 14 N–H and O–H groups in total. The number of hydrogen-bond acceptors (Lipinski definition) is 16. The Morgan fingerprint density at radius 3 is 1.71 bits per heavy atom. The van der Waals surface area contributed by atoms with Crippen LogP contribution in [0.3, 0.4) is 0 Å². The van der Waals surface area contributed by atoms with Crippen LogP contribution < -0.4 is 17.2 Å². The normalized spacial score (nSPS) is 49.5. The van der Waals surface area contributed by atoms with Crippen molar-refractivity contribution in [3.8, 4) is 0 Å². The standard InChI is InChI=1S/C18H34N3O13.Co/c19-7-12(27)14(5(2-23)30-16(7)29)33-18-9(21)13(28)15(6(3-24)32-18)34-17-8(20)11(26)10(25)4(1-22)31-17;/h5-18,22-29H,1-3,19-21H2;/q-1;/t5-,6-,7-,8-,9-,10-,11-,12-,13-,14?,15?,16-,17-,18+;/m1./s1. The molecule has 0 aromatic heterocycles. The summed E-state index contributed by atoms with van der Waals surface area (Å²) in [6.45, 7) is -2.09. The van der Waals surface area contributed by atoms with Gasteiger partial charge in [-0.05, 0) is 6.10 Å². The van der Waals surface area contributed by atoms with Crippen LogP contribution in [0.1, 0.15) is 0 Å². The molecule has 0 saturated carbocycles. The van der Waals surface area contributed by atoms with Crippen LogP contribution in [0.25, 0.3) is 0 Å². The van der Waals surface area contributed by atoms with Crippen LogP contribution in [0, 0.1) is 6.10 Å². The molecule has 2 unspecified atom stereocenters. The maximum Gasteiger partial charge on any atom is 0.176 e. The number of hydrogen-bond donors (Lipinski definition) is 11. The van der Waals surface area contributed by atoms with E-state index in [9.17, 15) is 40.9 Å². The molecule has 0 aromatic rings. The maximum absolute atomic E-state index is 10.8. The van der Waals surface area contributed by atoms with Crippen LogP contribution in [-0.2, 0) is 40.5 Å².